The van der Waals surface area contributed by atoms with E-state index in [9.17, 15) is 9.59 Å². The molecule has 0 saturated carbocycles. The lowest BCUT2D eigenvalue weighted by molar-refractivity contribution is -0.117. The normalized spacial score (nSPS) is 18.6. The first kappa shape index (κ1) is 14.7. The summed E-state index contributed by atoms with van der Waals surface area (Å²) in [5, 5.41) is 5.82. The number of hydrogen-bond donors (Lipinski definition) is 2. The van der Waals surface area contributed by atoms with Crippen molar-refractivity contribution in [1.82, 2.24) is 10.3 Å². The second-order valence-corrected chi connectivity index (χ2v) is 6.11. The van der Waals surface area contributed by atoms with Gasteiger partial charge in [-0.25, -0.2) is 0 Å². The Morgan fingerprint density at radius 3 is 2.96 bits per heavy atom. The largest absolute Gasteiger partial charge is 0.358 e. The van der Waals surface area contributed by atoms with Crippen molar-refractivity contribution in [2.45, 2.75) is 25.4 Å². The molecule has 0 aliphatic carbocycles. The van der Waals surface area contributed by atoms with Crippen LogP contribution in [0.1, 0.15) is 28.8 Å². The Morgan fingerprint density at radius 1 is 1.29 bits per heavy atom. The van der Waals surface area contributed by atoms with Crippen molar-refractivity contribution in [1.29, 1.82) is 0 Å². The van der Waals surface area contributed by atoms with Gasteiger partial charge in [0.15, 0.2) is 0 Å². The zero-order valence-electron chi connectivity index (χ0n) is 13.2. The number of benzene rings is 1. The van der Waals surface area contributed by atoms with Crippen molar-refractivity contribution in [2.75, 3.05) is 16.8 Å². The first-order chi connectivity index (χ1) is 11.7. The molecule has 24 heavy (non-hydrogen) atoms. The van der Waals surface area contributed by atoms with E-state index in [4.69, 9.17) is 0 Å². The lowest BCUT2D eigenvalue weighted by Crippen LogP contribution is -2.44. The molecular formula is C18H18N4O2. The number of anilines is 2. The summed E-state index contributed by atoms with van der Waals surface area (Å²) in [6.07, 6.45) is 5.30. The number of fused-ring (bicyclic) bond motifs is 3. The molecule has 1 saturated heterocycles. The summed E-state index contributed by atoms with van der Waals surface area (Å²) in [5.41, 5.74) is 3.25. The summed E-state index contributed by atoms with van der Waals surface area (Å²) < 4.78 is 0. The average Bonchev–Trinajstić information content (AvgIpc) is 3.11. The highest BCUT2D eigenvalue weighted by Gasteiger charge is 2.36. The van der Waals surface area contributed by atoms with Gasteiger partial charge in [-0.15, -0.1) is 0 Å². The number of nitrogens with zero attached hydrogens (tertiary/aromatic N) is 2. The van der Waals surface area contributed by atoms with Crippen LogP contribution in [0.4, 0.5) is 11.4 Å². The van der Waals surface area contributed by atoms with E-state index in [1.807, 2.05) is 24.3 Å². The summed E-state index contributed by atoms with van der Waals surface area (Å²) in [4.78, 5) is 30.6. The molecular weight excluding hydrogens is 304 g/mol. The molecule has 4 rings (SSSR count). The van der Waals surface area contributed by atoms with Crippen LogP contribution in [0.3, 0.4) is 0 Å². The van der Waals surface area contributed by atoms with E-state index in [0.717, 1.165) is 36.3 Å². The number of nitrogens with one attached hydrogen (secondary N) is 2. The van der Waals surface area contributed by atoms with Gasteiger partial charge >= 0.3 is 0 Å². The molecule has 2 aliphatic rings. The highest BCUT2D eigenvalue weighted by molar-refractivity contribution is 6.06. The van der Waals surface area contributed by atoms with E-state index in [-0.39, 0.29) is 17.9 Å². The monoisotopic (exact) mass is 322 g/mol. The van der Waals surface area contributed by atoms with Gasteiger partial charge < -0.3 is 15.5 Å². The Labute approximate surface area is 139 Å². The van der Waals surface area contributed by atoms with Crippen LogP contribution in [0.5, 0.6) is 0 Å². The van der Waals surface area contributed by atoms with Crippen molar-refractivity contribution < 1.29 is 9.59 Å². The lowest BCUT2D eigenvalue weighted by Gasteiger charge is -2.33. The van der Waals surface area contributed by atoms with Gasteiger partial charge in [0.25, 0.3) is 5.91 Å². The number of carbonyl (C=O) groups excluding carboxylic acids is 2. The Bertz CT molecular complexity index is 791. The quantitative estimate of drug-likeness (QED) is 0.905. The molecule has 1 atom stereocenters. The molecule has 2 N–H and O–H groups in total. The average molecular weight is 322 g/mol. The van der Waals surface area contributed by atoms with E-state index in [2.05, 4.69) is 20.5 Å². The smallest absolute Gasteiger partial charge is 0.251 e. The van der Waals surface area contributed by atoms with Gasteiger partial charge in [0.1, 0.15) is 6.04 Å². The minimum Gasteiger partial charge on any atom is -0.358 e. The van der Waals surface area contributed by atoms with Crippen LogP contribution in [0.25, 0.3) is 0 Å². The Kier molecular flexibility index (Phi) is 3.65. The highest BCUT2D eigenvalue weighted by Crippen LogP contribution is 2.37. The first-order valence-corrected chi connectivity index (χ1v) is 8.11. The molecule has 1 aromatic carbocycles. The molecule has 122 valence electrons. The topological polar surface area (TPSA) is 74.3 Å². The van der Waals surface area contributed by atoms with E-state index >= 15 is 0 Å². The Morgan fingerprint density at radius 2 is 2.12 bits per heavy atom. The van der Waals surface area contributed by atoms with Crippen molar-refractivity contribution >= 4 is 23.2 Å². The Balaban J connectivity index is 1.52. The molecule has 0 spiro atoms. The third kappa shape index (κ3) is 2.60. The predicted molar refractivity (Wildman–Crippen MR) is 90.8 cm³/mol. The van der Waals surface area contributed by atoms with E-state index in [0.29, 0.717) is 12.1 Å². The molecule has 2 aliphatic heterocycles. The SMILES string of the molecule is O=C(NCc1ccncc1)c1ccc2c(c1)NC(=O)[C@@H]1CCCN21. The van der Waals surface area contributed by atoms with Crippen molar-refractivity contribution in [3.63, 3.8) is 0 Å². The number of aromatic nitrogens is 1. The van der Waals surface area contributed by atoms with Crippen LogP contribution >= 0.6 is 0 Å². The number of carbonyl (C=O) groups is 2. The summed E-state index contributed by atoms with van der Waals surface area (Å²) in [5.74, 6) is -0.137. The standard InChI is InChI=1S/C18H18N4O2/c23-17(20-11-12-5-7-19-8-6-12)13-3-4-15-14(10-13)21-18(24)16-2-1-9-22(15)16/h3-8,10,16H,1-2,9,11H2,(H,20,23)(H,21,24)/t16-/m0/s1. The van der Waals surface area contributed by atoms with Crippen LogP contribution in [0, 0.1) is 0 Å². The van der Waals surface area contributed by atoms with Crippen LogP contribution in [0.2, 0.25) is 0 Å². The maximum atomic E-state index is 12.4. The molecule has 1 aromatic heterocycles. The minimum atomic E-state index is -0.160. The van der Waals surface area contributed by atoms with Gasteiger partial charge in [-0.2, -0.15) is 0 Å². The number of hydrogen-bond acceptors (Lipinski definition) is 4. The third-order valence-corrected chi connectivity index (χ3v) is 4.58. The van der Waals surface area contributed by atoms with Crippen LogP contribution in [-0.4, -0.2) is 29.4 Å². The molecule has 0 radical (unpaired) electrons. The summed E-state index contributed by atoms with van der Waals surface area (Å²) in [6.45, 7) is 1.33. The Hall–Kier alpha value is -2.89. The van der Waals surface area contributed by atoms with Crippen molar-refractivity contribution in [2.24, 2.45) is 0 Å². The molecule has 2 amide bonds. The lowest BCUT2D eigenvalue weighted by atomic mass is 10.1. The third-order valence-electron chi connectivity index (χ3n) is 4.58. The van der Waals surface area contributed by atoms with E-state index < -0.39 is 0 Å². The number of rotatable bonds is 3. The first-order valence-electron chi connectivity index (χ1n) is 8.11. The van der Waals surface area contributed by atoms with E-state index in [1.54, 1.807) is 18.5 Å². The fourth-order valence-electron chi connectivity index (χ4n) is 3.36. The minimum absolute atomic E-state index is 0.0225. The van der Waals surface area contributed by atoms with Gasteiger partial charge in [0, 0.05) is 31.0 Å². The molecule has 3 heterocycles. The summed E-state index contributed by atoms with van der Waals surface area (Å²) >= 11 is 0. The molecule has 0 unspecified atom stereocenters. The van der Waals surface area contributed by atoms with Gasteiger partial charge in [0.2, 0.25) is 5.91 Å². The molecule has 1 fully saturated rings. The highest BCUT2D eigenvalue weighted by atomic mass is 16.2. The molecule has 2 aromatic rings. The fourth-order valence-corrected chi connectivity index (χ4v) is 3.36. The van der Waals surface area contributed by atoms with Crippen LogP contribution < -0.4 is 15.5 Å². The van der Waals surface area contributed by atoms with Gasteiger partial charge in [-0.05, 0) is 48.7 Å². The zero-order valence-corrected chi connectivity index (χ0v) is 13.2. The maximum Gasteiger partial charge on any atom is 0.251 e. The summed E-state index contributed by atoms with van der Waals surface area (Å²) in [6, 6.07) is 9.15. The fraction of sp³-hybridized carbons (Fsp3) is 0.278. The predicted octanol–water partition coefficient (Wildman–Crippen LogP) is 1.93. The maximum absolute atomic E-state index is 12.4. The van der Waals surface area contributed by atoms with Crippen LogP contribution in [-0.2, 0) is 11.3 Å². The van der Waals surface area contributed by atoms with Gasteiger partial charge in [-0.3, -0.25) is 14.6 Å². The van der Waals surface area contributed by atoms with Crippen LogP contribution in [0.15, 0.2) is 42.7 Å². The molecule has 6 nitrogen and oxygen atoms in total. The molecule has 6 heteroatoms. The summed E-state index contributed by atoms with van der Waals surface area (Å²) in [7, 11) is 0. The van der Waals surface area contributed by atoms with Gasteiger partial charge in [-0.1, -0.05) is 0 Å². The zero-order chi connectivity index (χ0) is 16.5. The second-order valence-electron chi connectivity index (χ2n) is 6.11. The van der Waals surface area contributed by atoms with Crippen molar-refractivity contribution in [3.05, 3.63) is 53.9 Å². The number of amides is 2. The number of pyridine rings is 1. The van der Waals surface area contributed by atoms with Gasteiger partial charge in [0.05, 0.1) is 11.4 Å². The van der Waals surface area contributed by atoms with E-state index in [1.165, 1.54) is 0 Å². The molecule has 0 bridgehead atoms. The second kappa shape index (κ2) is 5.96. The van der Waals surface area contributed by atoms with Crippen molar-refractivity contribution in [3.8, 4) is 0 Å².